The van der Waals surface area contributed by atoms with Gasteiger partial charge in [0, 0.05) is 26.6 Å². The Balaban J connectivity index is 2.08. The normalized spacial score (nSPS) is 11.0. The molecule has 2 aromatic carbocycles. The lowest BCUT2D eigenvalue weighted by Gasteiger charge is -2.19. The lowest BCUT2D eigenvalue weighted by Crippen LogP contribution is -2.34. The molecule has 0 fully saturated rings. The second kappa shape index (κ2) is 9.08. The highest BCUT2D eigenvalue weighted by atomic mass is 16.7. The van der Waals surface area contributed by atoms with E-state index in [2.05, 4.69) is 29.6 Å². The molecule has 2 aromatic rings. The molecule has 1 amide bonds. The van der Waals surface area contributed by atoms with Gasteiger partial charge in [-0.2, -0.15) is 0 Å². The van der Waals surface area contributed by atoms with E-state index in [1.54, 1.807) is 14.2 Å². The van der Waals surface area contributed by atoms with Crippen LogP contribution in [0.3, 0.4) is 0 Å². The van der Waals surface area contributed by atoms with Gasteiger partial charge in [0.15, 0.2) is 6.29 Å². The van der Waals surface area contributed by atoms with Crippen LogP contribution in [-0.2, 0) is 14.3 Å². The summed E-state index contributed by atoms with van der Waals surface area (Å²) in [6, 6.07) is 20.2. The van der Waals surface area contributed by atoms with Crippen molar-refractivity contribution in [3.8, 4) is 0 Å². The van der Waals surface area contributed by atoms with E-state index in [0.29, 0.717) is 13.0 Å². The van der Waals surface area contributed by atoms with Crippen LogP contribution in [0.15, 0.2) is 60.7 Å². The minimum absolute atomic E-state index is 0.0261. The van der Waals surface area contributed by atoms with Crippen molar-refractivity contribution in [2.24, 2.45) is 0 Å². The molecule has 0 unspecified atom stereocenters. The molecule has 0 aromatic heterocycles. The summed E-state index contributed by atoms with van der Waals surface area (Å²) >= 11 is 0. The number of benzene rings is 2. The van der Waals surface area contributed by atoms with E-state index in [9.17, 15) is 4.79 Å². The highest BCUT2D eigenvalue weighted by Crippen LogP contribution is 2.27. The van der Waals surface area contributed by atoms with Crippen LogP contribution in [0.2, 0.25) is 0 Å². The molecule has 0 aliphatic heterocycles. The predicted octanol–water partition coefficient (Wildman–Crippen LogP) is 2.94. The first-order valence-electron chi connectivity index (χ1n) is 7.66. The molecule has 1 N–H and O–H groups in total. The van der Waals surface area contributed by atoms with E-state index in [1.807, 2.05) is 36.4 Å². The summed E-state index contributed by atoms with van der Waals surface area (Å²) in [6.45, 7) is 0.335. The van der Waals surface area contributed by atoms with Gasteiger partial charge in [-0.15, -0.1) is 0 Å². The van der Waals surface area contributed by atoms with E-state index in [0.717, 1.165) is 11.1 Å². The number of carbonyl (C=O) groups excluding carboxylic acids is 1. The lowest BCUT2D eigenvalue weighted by molar-refractivity contribution is -0.127. The average molecular weight is 313 g/mol. The van der Waals surface area contributed by atoms with E-state index < -0.39 is 6.29 Å². The highest BCUT2D eigenvalue weighted by Gasteiger charge is 2.18. The largest absolute Gasteiger partial charge is 0.354 e. The quantitative estimate of drug-likeness (QED) is 0.762. The average Bonchev–Trinajstić information content (AvgIpc) is 2.62. The van der Waals surface area contributed by atoms with Crippen LogP contribution in [-0.4, -0.2) is 33.0 Å². The Labute approximate surface area is 137 Å². The number of rotatable bonds is 8. The van der Waals surface area contributed by atoms with Crippen LogP contribution in [0.1, 0.15) is 23.5 Å². The summed E-state index contributed by atoms with van der Waals surface area (Å²) in [5, 5.41) is 2.87. The smallest absolute Gasteiger partial charge is 0.221 e. The van der Waals surface area contributed by atoms with Crippen molar-refractivity contribution in [1.29, 1.82) is 0 Å². The highest BCUT2D eigenvalue weighted by molar-refractivity contribution is 5.77. The van der Waals surface area contributed by atoms with Crippen LogP contribution in [0.5, 0.6) is 0 Å². The Hall–Kier alpha value is -2.17. The van der Waals surface area contributed by atoms with Gasteiger partial charge in [-0.3, -0.25) is 4.79 Å². The SMILES string of the molecule is COC(CNC(=O)CC(c1ccccc1)c1ccccc1)OC. The molecule has 0 radical (unpaired) electrons. The lowest BCUT2D eigenvalue weighted by atomic mass is 9.88. The minimum atomic E-state index is -0.425. The molecule has 4 heteroatoms. The Bertz CT molecular complexity index is 543. The third-order valence-electron chi connectivity index (χ3n) is 3.79. The maximum atomic E-state index is 12.3. The number of hydrogen-bond acceptors (Lipinski definition) is 3. The fraction of sp³-hybridized carbons (Fsp3) is 0.316. The molecular weight excluding hydrogens is 290 g/mol. The summed E-state index contributed by atoms with van der Waals surface area (Å²) in [7, 11) is 3.11. The van der Waals surface area contributed by atoms with Crippen LogP contribution in [0, 0.1) is 0 Å². The summed E-state index contributed by atoms with van der Waals surface area (Å²) in [5.41, 5.74) is 2.26. The zero-order valence-electron chi connectivity index (χ0n) is 13.6. The Morgan fingerprint density at radius 1 is 0.913 bits per heavy atom. The van der Waals surface area contributed by atoms with Crippen LogP contribution >= 0.6 is 0 Å². The monoisotopic (exact) mass is 313 g/mol. The van der Waals surface area contributed by atoms with Gasteiger partial charge >= 0.3 is 0 Å². The molecule has 0 aliphatic rings. The van der Waals surface area contributed by atoms with E-state index in [4.69, 9.17) is 9.47 Å². The van der Waals surface area contributed by atoms with Crippen molar-refractivity contribution in [3.05, 3.63) is 71.8 Å². The molecule has 0 saturated carbocycles. The summed E-state index contributed by atoms with van der Waals surface area (Å²) in [6.07, 6.45) is -0.0420. The second-order valence-electron chi connectivity index (χ2n) is 5.28. The van der Waals surface area contributed by atoms with Crippen molar-refractivity contribution >= 4 is 5.91 Å². The third kappa shape index (κ3) is 5.20. The number of ether oxygens (including phenoxy) is 2. The standard InChI is InChI=1S/C19H23NO3/c1-22-19(23-2)14-20-18(21)13-17(15-9-5-3-6-10-15)16-11-7-4-8-12-16/h3-12,17,19H,13-14H2,1-2H3,(H,20,21). The van der Waals surface area contributed by atoms with Gasteiger partial charge in [-0.1, -0.05) is 60.7 Å². The second-order valence-corrected chi connectivity index (χ2v) is 5.28. The van der Waals surface area contributed by atoms with E-state index in [-0.39, 0.29) is 11.8 Å². The zero-order chi connectivity index (χ0) is 16.5. The molecule has 0 atom stereocenters. The first-order chi connectivity index (χ1) is 11.2. The fourth-order valence-corrected chi connectivity index (χ4v) is 2.52. The zero-order valence-corrected chi connectivity index (χ0v) is 13.6. The number of carbonyl (C=O) groups is 1. The molecule has 0 heterocycles. The van der Waals surface area contributed by atoms with Crippen LogP contribution < -0.4 is 5.32 Å². The molecule has 0 bridgehead atoms. The molecule has 4 nitrogen and oxygen atoms in total. The number of amides is 1. The molecular formula is C19H23NO3. The van der Waals surface area contributed by atoms with Crippen molar-refractivity contribution in [3.63, 3.8) is 0 Å². The first-order valence-corrected chi connectivity index (χ1v) is 7.66. The van der Waals surface area contributed by atoms with Gasteiger partial charge in [0.2, 0.25) is 5.91 Å². The molecule has 0 spiro atoms. The van der Waals surface area contributed by atoms with Crippen molar-refractivity contribution in [2.45, 2.75) is 18.6 Å². The molecule has 0 saturated heterocycles. The van der Waals surface area contributed by atoms with Gasteiger partial charge in [0.1, 0.15) is 0 Å². The maximum Gasteiger partial charge on any atom is 0.221 e. The Morgan fingerprint density at radius 2 is 1.39 bits per heavy atom. The van der Waals surface area contributed by atoms with Gasteiger partial charge in [-0.05, 0) is 11.1 Å². The summed E-state index contributed by atoms with van der Waals surface area (Å²) in [4.78, 5) is 12.3. The Morgan fingerprint density at radius 3 is 1.83 bits per heavy atom. The molecule has 122 valence electrons. The number of methoxy groups -OCH3 is 2. The van der Waals surface area contributed by atoms with Gasteiger partial charge in [0.25, 0.3) is 0 Å². The van der Waals surface area contributed by atoms with Crippen molar-refractivity contribution in [2.75, 3.05) is 20.8 Å². The van der Waals surface area contributed by atoms with Crippen molar-refractivity contribution in [1.82, 2.24) is 5.32 Å². The predicted molar refractivity (Wildman–Crippen MR) is 90.2 cm³/mol. The molecule has 0 aliphatic carbocycles. The topological polar surface area (TPSA) is 47.6 Å². The third-order valence-corrected chi connectivity index (χ3v) is 3.79. The minimum Gasteiger partial charge on any atom is -0.354 e. The summed E-state index contributed by atoms with van der Waals surface area (Å²) in [5.74, 6) is 0.00254. The van der Waals surface area contributed by atoms with Crippen LogP contribution in [0.4, 0.5) is 0 Å². The maximum absolute atomic E-state index is 12.3. The Kier molecular flexibility index (Phi) is 6.78. The van der Waals surface area contributed by atoms with E-state index >= 15 is 0 Å². The van der Waals surface area contributed by atoms with Gasteiger partial charge in [0.05, 0.1) is 6.54 Å². The summed E-state index contributed by atoms with van der Waals surface area (Å²) < 4.78 is 10.2. The number of nitrogens with one attached hydrogen (secondary N) is 1. The van der Waals surface area contributed by atoms with Crippen molar-refractivity contribution < 1.29 is 14.3 Å². The van der Waals surface area contributed by atoms with E-state index in [1.165, 1.54) is 0 Å². The molecule has 2 rings (SSSR count). The molecule has 23 heavy (non-hydrogen) atoms. The number of hydrogen-bond donors (Lipinski definition) is 1. The first kappa shape index (κ1) is 17.2. The van der Waals surface area contributed by atoms with Crippen LogP contribution in [0.25, 0.3) is 0 Å². The van der Waals surface area contributed by atoms with Gasteiger partial charge in [-0.25, -0.2) is 0 Å². The fourth-order valence-electron chi connectivity index (χ4n) is 2.52. The van der Waals surface area contributed by atoms with Gasteiger partial charge < -0.3 is 14.8 Å².